The molecule has 1 aromatic rings. The number of rotatable bonds is 4. The van der Waals surface area contributed by atoms with Crippen LogP contribution in [-0.2, 0) is 0 Å². The molecule has 0 saturated carbocycles. The van der Waals surface area contributed by atoms with Crippen LogP contribution in [0.25, 0.3) is 6.08 Å². The van der Waals surface area contributed by atoms with E-state index >= 15 is 0 Å². The number of allylic oxidation sites excluding steroid dienone is 2. The first-order valence-electron chi connectivity index (χ1n) is 9.17. The van der Waals surface area contributed by atoms with E-state index < -0.39 is 0 Å². The summed E-state index contributed by atoms with van der Waals surface area (Å²) >= 11 is 0. The molecule has 0 amide bonds. The Kier molecular flexibility index (Phi) is 5.37. The molecule has 3 rings (SSSR count). The first-order valence-corrected chi connectivity index (χ1v) is 9.17. The van der Waals surface area contributed by atoms with Crippen molar-refractivity contribution in [1.82, 2.24) is 5.32 Å². The van der Waals surface area contributed by atoms with Gasteiger partial charge in [0.1, 0.15) is 17.7 Å². The van der Waals surface area contributed by atoms with Crippen LogP contribution < -0.4 is 5.32 Å². The first kappa shape index (κ1) is 17.5. The van der Waals surface area contributed by atoms with Crippen LogP contribution >= 0.6 is 0 Å². The number of nitriles is 2. The lowest BCUT2D eigenvalue weighted by atomic mass is 9.71. The molecule has 0 spiro atoms. The normalized spacial score (nSPS) is 28.1. The minimum Gasteiger partial charge on any atom is -0.310 e. The highest BCUT2D eigenvalue weighted by Crippen LogP contribution is 2.45. The average Bonchev–Trinajstić information content (AvgIpc) is 3.03. The second-order valence-corrected chi connectivity index (χ2v) is 7.44. The zero-order chi connectivity index (χ0) is 17.8. The molecular weight excluding hydrogens is 306 g/mol. The summed E-state index contributed by atoms with van der Waals surface area (Å²) in [6.07, 6.45) is 7.47. The van der Waals surface area contributed by atoms with Crippen molar-refractivity contribution in [3.8, 4) is 12.1 Å². The molecule has 2 heterocycles. The summed E-state index contributed by atoms with van der Waals surface area (Å²) < 4.78 is 0. The van der Waals surface area contributed by atoms with Crippen molar-refractivity contribution in [2.45, 2.75) is 45.2 Å². The smallest absolute Gasteiger partial charge is 0.129 e. The van der Waals surface area contributed by atoms with Gasteiger partial charge in [-0.25, -0.2) is 0 Å². The number of nitrogens with one attached hydrogen (secondary N) is 1. The number of piperidine rings is 1. The van der Waals surface area contributed by atoms with E-state index in [9.17, 15) is 10.5 Å². The second-order valence-electron chi connectivity index (χ2n) is 7.44. The fourth-order valence-electron chi connectivity index (χ4n) is 4.62. The van der Waals surface area contributed by atoms with Gasteiger partial charge in [0.15, 0.2) is 0 Å². The predicted molar refractivity (Wildman–Crippen MR) is 100 cm³/mol. The molecule has 0 aliphatic carbocycles. The van der Waals surface area contributed by atoms with Crippen LogP contribution in [-0.4, -0.2) is 12.1 Å². The fraction of sp³-hybridized carbons (Fsp3) is 0.455. The molecule has 25 heavy (non-hydrogen) atoms. The van der Waals surface area contributed by atoms with Crippen LogP contribution in [0.5, 0.6) is 0 Å². The molecule has 0 unspecified atom stereocenters. The summed E-state index contributed by atoms with van der Waals surface area (Å²) in [4.78, 5) is 0. The quantitative estimate of drug-likeness (QED) is 0.829. The number of hydrogen-bond donors (Lipinski definition) is 1. The highest BCUT2D eigenvalue weighted by molar-refractivity contribution is 5.50. The lowest BCUT2D eigenvalue weighted by Gasteiger charge is -2.41. The predicted octanol–water partition coefficient (Wildman–Crippen LogP) is 4.46. The molecule has 2 saturated heterocycles. The first-order chi connectivity index (χ1) is 12.2. The van der Waals surface area contributed by atoms with E-state index in [4.69, 9.17) is 0 Å². The molecule has 1 aromatic carbocycles. The number of hydrogen-bond acceptors (Lipinski definition) is 3. The maximum absolute atomic E-state index is 9.52. The van der Waals surface area contributed by atoms with Crippen LogP contribution in [0, 0.1) is 40.4 Å². The van der Waals surface area contributed by atoms with Gasteiger partial charge in [-0.1, -0.05) is 56.3 Å². The van der Waals surface area contributed by atoms with Crippen molar-refractivity contribution < 1.29 is 0 Å². The summed E-state index contributed by atoms with van der Waals surface area (Å²) in [5, 5.41) is 22.8. The molecule has 2 bridgehead atoms. The number of benzene rings is 1. The Morgan fingerprint density at radius 1 is 1.16 bits per heavy atom. The molecular formula is C22H25N3. The van der Waals surface area contributed by atoms with E-state index in [0.717, 1.165) is 24.8 Å². The molecule has 128 valence electrons. The van der Waals surface area contributed by atoms with Gasteiger partial charge in [0.2, 0.25) is 0 Å². The Morgan fingerprint density at radius 2 is 1.84 bits per heavy atom. The third-order valence-corrected chi connectivity index (χ3v) is 5.63. The third-order valence-electron chi connectivity index (χ3n) is 5.63. The maximum Gasteiger partial charge on any atom is 0.129 e. The SMILES string of the molecule is CC(C)[C@@H]1C(=C(C#N)C#N)[C@H](C/C=C/c2ccccc2)[C@H]2CC[C@@H]1N2. The minimum absolute atomic E-state index is 0.236. The fourth-order valence-corrected chi connectivity index (χ4v) is 4.62. The molecule has 0 radical (unpaired) electrons. The number of fused-ring (bicyclic) bond motifs is 2. The second kappa shape index (κ2) is 7.68. The van der Waals surface area contributed by atoms with Crippen LogP contribution in [0.3, 0.4) is 0 Å². The van der Waals surface area contributed by atoms with Gasteiger partial charge in [-0.2, -0.15) is 10.5 Å². The van der Waals surface area contributed by atoms with Crippen molar-refractivity contribution in [3.05, 3.63) is 53.1 Å². The van der Waals surface area contributed by atoms with Crippen molar-refractivity contribution in [2.75, 3.05) is 0 Å². The molecule has 4 atom stereocenters. The van der Waals surface area contributed by atoms with E-state index in [1.165, 1.54) is 5.56 Å². The minimum atomic E-state index is 0.236. The van der Waals surface area contributed by atoms with Gasteiger partial charge >= 0.3 is 0 Å². The van der Waals surface area contributed by atoms with Gasteiger partial charge in [-0.05, 0) is 36.3 Å². The summed E-state index contributed by atoms with van der Waals surface area (Å²) in [5.41, 5.74) is 2.63. The zero-order valence-electron chi connectivity index (χ0n) is 14.9. The van der Waals surface area contributed by atoms with Crippen LogP contribution in [0.4, 0.5) is 0 Å². The van der Waals surface area contributed by atoms with E-state index in [0.29, 0.717) is 23.6 Å². The molecule has 2 fully saturated rings. The topological polar surface area (TPSA) is 59.6 Å². The maximum atomic E-state index is 9.52. The average molecular weight is 331 g/mol. The molecule has 2 aliphatic rings. The summed E-state index contributed by atoms with van der Waals surface area (Å²) in [6.45, 7) is 4.41. The van der Waals surface area contributed by atoms with Gasteiger partial charge in [0, 0.05) is 23.9 Å². The Hall–Kier alpha value is -2.36. The highest BCUT2D eigenvalue weighted by Gasteiger charge is 2.46. The zero-order valence-corrected chi connectivity index (χ0v) is 14.9. The van der Waals surface area contributed by atoms with Crippen molar-refractivity contribution in [3.63, 3.8) is 0 Å². The molecule has 0 aromatic heterocycles. The lowest BCUT2D eigenvalue weighted by Crippen LogP contribution is -2.49. The van der Waals surface area contributed by atoms with Crippen molar-refractivity contribution >= 4 is 6.08 Å². The number of nitrogens with zero attached hydrogens (tertiary/aromatic N) is 2. The van der Waals surface area contributed by atoms with Gasteiger partial charge in [0.05, 0.1) is 0 Å². The van der Waals surface area contributed by atoms with Gasteiger partial charge in [-0.15, -0.1) is 0 Å². The van der Waals surface area contributed by atoms with Crippen LogP contribution in [0.15, 0.2) is 47.6 Å². The third kappa shape index (κ3) is 3.53. The Labute approximate surface area is 150 Å². The monoisotopic (exact) mass is 331 g/mol. The van der Waals surface area contributed by atoms with E-state index in [2.05, 4.69) is 55.6 Å². The molecule has 1 N–H and O–H groups in total. The summed E-state index contributed by atoms with van der Waals surface area (Å²) in [5.74, 6) is 0.937. The van der Waals surface area contributed by atoms with Gasteiger partial charge in [0.25, 0.3) is 0 Å². The van der Waals surface area contributed by atoms with Crippen LogP contribution in [0.1, 0.15) is 38.7 Å². The molecule has 2 aliphatic heterocycles. The van der Waals surface area contributed by atoms with Gasteiger partial charge in [-0.3, -0.25) is 0 Å². The van der Waals surface area contributed by atoms with E-state index in [1.54, 1.807) is 0 Å². The lowest BCUT2D eigenvalue weighted by molar-refractivity contribution is 0.248. The van der Waals surface area contributed by atoms with Crippen molar-refractivity contribution in [1.29, 1.82) is 10.5 Å². The standard InChI is InChI=1S/C22H25N3/c1-15(2)21-20-12-11-19(25-20)18(22(21)17(13-23)14-24)10-6-9-16-7-4-3-5-8-16/h3-9,15,18-21,25H,10-12H2,1-2H3/b9-6+/t18-,19-,20+,21+/m1/s1. The Morgan fingerprint density at radius 3 is 2.48 bits per heavy atom. The largest absolute Gasteiger partial charge is 0.310 e. The summed E-state index contributed by atoms with van der Waals surface area (Å²) in [7, 11) is 0. The Balaban J connectivity index is 1.92. The molecule has 3 heteroatoms. The van der Waals surface area contributed by atoms with Crippen LogP contribution in [0.2, 0.25) is 0 Å². The summed E-state index contributed by atoms with van der Waals surface area (Å²) in [6, 6.07) is 15.4. The van der Waals surface area contributed by atoms with Gasteiger partial charge < -0.3 is 5.32 Å². The van der Waals surface area contributed by atoms with Crippen molar-refractivity contribution in [2.24, 2.45) is 17.8 Å². The van der Waals surface area contributed by atoms with E-state index in [1.807, 2.05) is 18.2 Å². The molecule has 3 nitrogen and oxygen atoms in total. The highest BCUT2D eigenvalue weighted by atomic mass is 15.0. The Bertz CT molecular complexity index is 730. The van der Waals surface area contributed by atoms with E-state index in [-0.39, 0.29) is 11.8 Å².